The highest BCUT2D eigenvalue weighted by atomic mass is 79.9. The van der Waals surface area contributed by atoms with Crippen molar-refractivity contribution in [3.8, 4) is 0 Å². The van der Waals surface area contributed by atoms with E-state index in [0.29, 0.717) is 30.4 Å². The molecule has 2 aliphatic heterocycles. The Bertz CT molecular complexity index is 1040. The molecule has 0 saturated carbocycles. The number of benzene rings is 1. The number of amides is 1. The summed E-state index contributed by atoms with van der Waals surface area (Å²) >= 11 is 3.36. The lowest BCUT2D eigenvalue weighted by Crippen LogP contribution is -2.54. The molecule has 3 atom stereocenters. The Morgan fingerprint density at radius 2 is 2.03 bits per heavy atom. The van der Waals surface area contributed by atoms with Crippen LogP contribution in [0, 0.1) is 5.92 Å². The number of fused-ring (bicyclic) bond motifs is 2. The zero-order valence-electron chi connectivity index (χ0n) is 16.5. The smallest absolute Gasteiger partial charge is 0.244 e. The number of piperidine rings is 1. The molecule has 2 aromatic rings. The van der Waals surface area contributed by atoms with Crippen LogP contribution in [0.25, 0.3) is 0 Å². The van der Waals surface area contributed by atoms with E-state index < -0.39 is 16.1 Å². The summed E-state index contributed by atoms with van der Waals surface area (Å²) in [5.41, 5.74) is 0.784. The first-order valence-corrected chi connectivity index (χ1v) is 12.3. The zero-order valence-corrected chi connectivity index (χ0v) is 18.9. The first-order valence-electron chi connectivity index (χ1n) is 10.0. The lowest BCUT2D eigenvalue weighted by molar-refractivity contribution is -0.135. The summed E-state index contributed by atoms with van der Waals surface area (Å²) in [5, 5.41) is 0. The molecule has 1 amide bonds. The number of pyridine rings is 1. The van der Waals surface area contributed by atoms with E-state index in [1.165, 1.54) is 4.31 Å². The van der Waals surface area contributed by atoms with Crippen LogP contribution < -0.4 is 0 Å². The van der Waals surface area contributed by atoms with Crippen molar-refractivity contribution in [1.82, 2.24) is 14.2 Å². The second kappa shape index (κ2) is 8.61. The molecule has 0 aliphatic carbocycles. The SMILES string of the molecule is C=C[C@H]1CN(Cc2ccccn2)C(=O)C2CCCC1N2S(=O)(=O)c1cccc(Br)c1. The summed E-state index contributed by atoms with van der Waals surface area (Å²) in [7, 11) is -3.85. The average molecular weight is 490 g/mol. The van der Waals surface area contributed by atoms with Gasteiger partial charge in [-0.15, -0.1) is 6.58 Å². The van der Waals surface area contributed by atoms with Crippen molar-refractivity contribution >= 4 is 31.9 Å². The Hall–Kier alpha value is -2.03. The van der Waals surface area contributed by atoms with Gasteiger partial charge in [-0.1, -0.05) is 34.1 Å². The maximum Gasteiger partial charge on any atom is 0.244 e. The van der Waals surface area contributed by atoms with Gasteiger partial charge >= 0.3 is 0 Å². The zero-order chi connectivity index (χ0) is 21.3. The molecular formula is C22H24BrN3O3S. The summed E-state index contributed by atoms with van der Waals surface area (Å²) in [5.74, 6) is -0.307. The molecule has 3 heterocycles. The Morgan fingerprint density at radius 3 is 2.73 bits per heavy atom. The van der Waals surface area contributed by atoms with Crippen LogP contribution in [0.15, 0.2) is 70.7 Å². The molecular weight excluding hydrogens is 466 g/mol. The van der Waals surface area contributed by atoms with E-state index in [2.05, 4.69) is 27.5 Å². The van der Waals surface area contributed by atoms with E-state index in [1.807, 2.05) is 18.2 Å². The number of nitrogens with zero attached hydrogens (tertiary/aromatic N) is 3. The van der Waals surface area contributed by atoms with E-state index in [-0.39, 0.29) is 22.8 Å². The highest BCUT2D eigenvalue weighted by molar-refractivity contribution is 9.10. The lowest BCUT2D eigenvalue weighted by atomic mass is 9.90. The van der Waals surface area contributed by atoms with Crippen LogP contribution in [0.2, 0.25) is 0 Å². The molecule has 6 nitrogen and oxygen atoms in total. The Morgan fingerprint density at radius 1 is 1.20 bits per heavy atom. The minimum atomic E-state index is -3.85. The highest BCUT2D eigenvalue weighted by Gasteiger charge is 2.49. The number of carbonyl (C=O) groups excluding carboxylic acids is 1. The normalized spacial score (nSPS) is 25.0. The van der Waals surface area contributed by atoms with Gasteiger partial charge in [-0.25, -0.2) is 8.42 Å². The van der Waals surface area contributed by atoms with Crippen molar-refractivity contribution < 1.29 is 13.2 Å². The molecule has 4 rings (SSSR count). The summed E-state index contributed by atoms with van der Waals surface area (Å²) in [6.07, 6.45) is 5.54. The van der Waals surface area contributed by atoms with Gasteiger partial charge in [0, 0.05) is 29.2 Å². The molecule has 0 radical (unpaired) electrons. The van der Waals surface area contributed by atoms with Gasteiger partial charge in [-0.3, -0.25) is 9.78 Å². The molecule has 1 aromatic carbocycles. The second-order valence-corrected chi connectivity index (χ2v) is 10.5. The maximum atomic E-state index is 13.7. The minimum absolute atomic E-state index is 0.148. The fraction of sp³-hybridized carbons (Fsp3) is 0.364. The Kier molecular flexibility index (Phi) is 6.09. The van der Waals surface area contributed by atoms with Gasteiger partial charge in [0.2, 0.25) is 15.9 Å². The Balaban J connectivity index is 1.75. The third kappa shape index (κ3) is 3.96. The molecule has 2 fully saturated rings. The van der Waals surface area contributed by atoms with Gasteiger partial charge in [0.1, 0.15) is 6.04 Å². The quantitative estimate of drug-likeness (QED) is 0.601. The molecule has 2 unspecified atom stereocenters. The molecule has 30 heavy (non-hydrogen) atoms. The number of aromatic nitrogens is 1. The molecule has 158 valence electrons. The second-order valence-electron chi connectivity index (χ2n) is 7.75. The van der Waals surface area contributed by atoms with Gasteiger partial charge in [-0.05, 0) is 49.6 Å². The third-order valence-electron chi connectivity index (χ3n) is 5.89. The van der Waals surface area contributed by atoms with Crippen LogP contribution in [0.3, 0.4) is 0 Å². The maximum absolute atomic E-state index is 13.7. The van der Waals surface area contributed by atoms with Crippen LogP contribution in [0.4, 0.5) is 0 Å². The van der Waals surface area contributed by atoms with Crippen molar-refractivity contribution in [3.63, 3.8) is 0 Å². The predicted molar refractivity (Wildman–Crippen MR) is 118 cm³/mol. The van der Waals surface area contributed by atoms with Crippen molar-refractivity contribution in [2.24, 2.45) is 5.92 Å². The van der Waals surface area contributed by atoms with Crippen LogP contribution in [0.5, 0.6) is 0 Å². The van der Waals surface area contributed by atoms with Gasteiger partial charge in [0.15, 0.2) is 0 Å². The van der Waals surface area contributed by atoms with Gasteiger partial charge < -0.3 is 4.90 Å². The van der Waals surface area contributed by atoms with Crippen molar-refractivity contribution in [2.75, 3.05) is 6.54 Å². The molecule has 2 saturated heterocycles. The standard InChI is InChI=1S/C22H24BrN3O3S/c1-2-16-14-25(15-18-8-3-4-12-24-18)22(27)21-11-6-10-20(16)26(21)30(28,29)19-9-5-7-17(23)13-19/h2-5,7-9,12-13,16,20-21H,1,6,10-11,14-15H2/t16-,20?,21?/m0/s1. The van der Waals surface area contributed by atoms with Crippen molar-refractivity contribution in [1.29, 1.82) is 0 Å². The molecule has 8 heteroatoms. The number of sulfonamides is 1. The van der Waals surface area contributed by atoms with Crippen molar-refractivity contribution in [2.45, 2.75) is 42.8 Å². The number of carbonyl (C=O) groups is 1. The fourth-order valence-corrected chi connectivity index (χ4v) is 6.94. The lowest BCUT2D eigenvalue weighted by Gasteiger charge is -2.40. The summed E-state index contributed by atoms with van der Waals surface area (Å²) in [6, 6.07) is 11.3. The van der Waals surface area contributed by atoms with Gasteiger partial charge in [0.05, 0.1) is 17.1 Å². The van der Waals surface area contributed by atoms with Crippen LogP contribution in [0.1, 0.15) is 25.0 Å². The number of hydrogen-bond acceptors (Lipinski definition) is 4. The summed E-state index contributed by atoms with van der Waals surface area (Å²) < 4.78 is 29.5. The fourth-order valence-electron chi connectivity index (χ4n) is 4.47. The molecule has 2 aliphatic rings. The summed E-state index contributed by atoms with van der Waals surface area (Å²) in [6.45, 7) is 4.75. The summed E-state index contributed by atoms with van der Waals surface area (Å²) in [4.78, 5) is 19.8. The predicted octanol–water partition coefficient (Wildman–Crippen LogP) is 3.60. The van der Waals surface area contributed by atoms with Crippen LogP contribution in [-0.4, -0.2) is 47.1 Å². The first kappa shape index (κ1) is 21.2. The van der Waals surface area contributed by atoms with E-state index in [0.717, 1.165) is 12.1 Å². The van der Waals surface area contributed by atoms with Gasteiger partial charge in [-0.2, -0.15) is 4.31 Å². The molecule has 0 N–H and O–H groups in total. The average Bonchev–Trinajstić information content (AvgIpc) is 2.82. The number of rotatable bonds is 5. The Labute approximate surface area is 185 Å². The topological polar surface area (TPSA) is 70.6 Å². The largest absolute Gasteiger partial charge is 0.335 e. The monoisotopic (exact) mass is 489 g/mol. The first-order chi connectivity index (χ1) is 14.4. The van der Waals surface area contributed by atoms with Gasteiger partial charge in [0.25, 0.3) is 0 Å². The molecule has 1 aromatic heterocycles. The minimum Gasteiger partial charge on any atom is -0.335 e. The number of hydrogen-bond donors (Lipinski definition) is 0. The third-order valence-corrected chi connectivity index (χ3v) is 8.31. The van der Waals surface area contributed by atoms with Crippen LogP contribution >= 0.6 is 15.9 Å². The van der Waals surface area contributed by atoms with E-state index in [9.17, 15) is 13.2 Å². The molecule has 2 bridgehead atoms. The van der Waals surface area contributed by atoms with Crippen molar-refractivity contribution in [3.05, 3.63) is 71.5 Å². The van der Waals surface area contributed by atoms with Crippen LogP contribution in [-0.2, 0) is 21.4 Å². The number of halogens is 1. The van der Waals surface area contributed by atoms with E-state index in [1.54, 1.807) is 41.4 Å². The molecule has 0 spiro atoms. The van der Waals surface area contributed by atoms with E-state index in [4.69, 9.17) is 0 Å². The highest BCUT2D eigenvalue weighted by Crippen LogP contribution is 2.38. The van der Waals surface area contributed by atoms with E-state index >= 15 is 0 Å².